The van der Waals surface area contributed by atoms with Crippen molar-refractivity contribution >= 4 is 0 Å². The van der Waals surface area contributed by atoms with Crippen LogP contribution in [0.1, 0.15) is 17.9 Å². The normalized spacial score (nSPS) is 16.1. The monoisotopic (exact) mass is 122 g/mol. The molecule has 0 aromatic carbocycles. The topological polar surface area (TPSA) is 17.8 Å². The van der Waals surface area contributed by atoms with Crippen LogP contribution in [0.25, 0.3) is 0 Å². The van der Waals surface area contributed by atoms with Crippen molar-refractivity contribution in [2.75, 3.05) is 0 Å². The molecular weight excluding hydrogens is 112 g/mol. The van der Waals surface area contributed by atoms with E-state index < -0.39 is 0 Å². The molecule has 1 aliphatic heterocycles. The van der Waals surface area contributed by atoms with Gasteiger partial charge in [0.05, 0.1) is 5.69 Å². The minimum absolute atomic E-state index is 1.16. The molecular formula is C7H10N2. The van der Waals surface area contributed by atoms with E-state index in [9.17, 15) is 0 Å². The van der Waals surface area contributed by atoms with Gasteiger partial charge in [0.15, 0.2) is 0 Å². The van der Waals surface area contributed by atoms with Crippen molar-refractivity contribution < 1.29 is 0 Å². The number of imidazole rings is 1. The Kier molecular flexibility index (Phi) is 0.891. The van der Waals surface area contributed by atoms with Crippen LogP contribution in [0.5, 0.6) is 0 Å². The van der Waals surface area contributed by atoms with Crippen molar-refractivity contribution in [1.82, 2.24) is 9.55 Å². The Hall–Kier alpha value is -0.790. The molecule has 1 aromatic heterocycles. The molecule has 0 fully saturated rings. The van der Waals surface area contributed by atoms with Crippen LogP contribution < -0.4 is 0 Å². The van der Waals surface area contributed by atoms with E-state index >= 15 is 0 Å². The predicted octanol–water partition coefficient (Wildman–Crippen LogP) is 1.14. The lowest BCUT2D eigenvalue weighted by Gasteiger charge is -1.88. The fourth-order valence-corrected chi connectivity index (χ4v) is 1.40. The number of aryl methyl sites for hydroxylation is 3. The van der Waals surface area contributed by atoms with Crippen LogP contribution in [0.2, 0.25) is 0 Å². The maximum atomic E-state index is 4.35. The maximum absolute atomic E-state index is 4.35. The summed E-state index contributed by atoms with van der Waals surface area (Å²) in [4.78, 5) is 4.35. The van der Waals surface area contributed by atoms with Crippen LogP contribution in [-0.4, -0.2) is 9.55 Å². The van der Waals surface area contributed by atoms with Crippen molar-refractivity contribution in [3.8, 4) is 0 Å². The van der Waals surface area contributed by atoms with Gasteiger partial charge in [-0.05, 0) is 13.3 Å². The van der Waals surface area contributed by atoms with Crippen LogP contribution in [0.15, 0.2) is 6.20 Å². The van der Waals surface area contributed by atoms with E-state index in [2.05, 4.69) is 15.7 Å². The number of nitrogens with zero attached hydrogens (tertiary/aromatic N) is 2. The summed E-state index contributed by atoms with van der Waals surface area (Å²) in [5, 5.41) is 0. The highest BCUT2D eigenvalue weighted by atomic mass is 15.1. The largest absolute Gasteiger partial charge is 0.335 e. The second-order valence-corrected chi connectivity index (χ2v) is 2.60. The lowest BCUT2D eigenvalue weighted by molar-refractivity contribution is 0.748. The summed E-state index contributed by atoms with van der Waals surface area (Å²) in [6.45, 7) is 3.22. The number of rotatable bonds is 0. The summed E-state index contributed by atoms with van der Waals surface area (Å²) in [5.74, 6) is 1.27. The van der Waals surface area contributed by atoms with Crippen molar-refractivity contribution in [1.29, 1.82) is 0 Å². The third-order valence-electron chi connectivity index (χ3n) is 1.78. The summed E-state index contributed by atoms with van der Waals surface area (Å²) in [6.07, 6.45) is 4.58. The van der Waals surface area contributed by atoms with Crippen LogP contribution in [0, 0.1) is 6.92 Å². The maximum Gasteiger partial charge on any atom is 0.109 e. The van der Waals surface area contributed by atoms with Crippen molar-refractivity contribution in [3.05, 3.63) is 17.7 Å². The van der Waals surface area contributed by atoms with E-state index in [1.54, 1.807) is 0 Å². The van der Waals surface area contributed by atoms with Gasteiger partial charge in [-0.2, -0.15) is 0 Å². The summed E-state index contributed by atoms with van der Waals surface area (Å²) >= 11 is 0. The number of fused-ring (bicyclic) bond motifs is 1. The van der Waals surface area contributed by atoms with E-state index in [1.165, 1.54) is 25.2 Å². The first-order chi connectivity index (χ1) is 4.36. The van der Waals surface area contributed by atoms with Gasteiger partial charge in [0, 0.05) is 19.2 Å². The lowest BCUT2D eigenvalue weighted by Crippen LogP contribution is -1.87. The zero-order valence-corrected chi connectivity index (χ0v) is 5.59. The van der Waals surface area contributed by atoms with E-state index in [1.807, 2.05) is 6.92 Å². The molecule has 0 unspecified atom stereocenters. The van der Waals surface area contributed by atoms with Crippen LogP contribution >= 0.6 is 0 Å². The molecule has 0 saturated carbocycles. The molecule has 0 amide bonds. The third kappa shape index (κ3) is 0.661. The summed E-state index contributed by atoms with van der Waals surface area (Å²) in [6, 6.07) is 0. The Balaban J connectivity index is 2.51. The molecule has 2 heterocycles. The van der Waals surface area contributed by atoms with E-state index in [0.29, 0.717) is 0 Å². The molecule has 0 N–H and O–H groups in total. The highest BCUT2D eigenvalue weighted by molar-refractivity contribution is 5.04. The molecule has 2 nitrogen and oxygen atoms in total. The molecule has 0 spiro atoms. The van der Waals surface area contributed by atoms with Gasteiger partial charge in [-0.3, -0.25) is 0 Å². The van der Waals surface area contributed by atoms with Gasteiger partial charge in [0.25, 0.3) is 0 Å². The fourth-order valence-electron chi connectivity index (χ4n) is 1.40. The summed E-state index contributed by atoms with van der Waals surface area (Å²) in [7, 11) is 0. The first-order valence-electron chi connectivity index (χ1n) is 3.39. The molecule has 0 radical (unpaired) electrons. The molecule has 48 valence electrons. The Bertz CT molecular complexity index is 203. The molecule has 1 aliphatic rings. The van der Waals surface area contributed by atoms with E-state index in [0.717, 1.165) is 5.69 Å². The third-order valence-corrected chi connectivity index (χ3v) is 1.78. The predicted molar refractivity (Wildman–Crippen MR) is 35.3 cm³/mol. The smallest absolute Gasteiger partial charge is 0.109 e. The molecule has 9 heavy (non-hydrogen) atoms. The molecule has 2 heteroatoms. The quantitative estimate of drug-likeness (QED) is 0.504. The van der Waals surface area contributed by atoms with Crippen molar-refractivity contribution in [2.45, 2.75) is 26.3 Å². The zero-order chi connectivity index (χ0) is 6.27. The lowest BCUT2D eigenvalue weighted by atomic mass is 10.4. The first kappa shape index (κ1) is 5.03. The molecule has 1 aromatic rings. The van der Waals surface area contributed by atoms with Gasteiger partial charge in [0.1, 0.15) is 5.82 Å². The first-order valence-corrected chi connectivity index (χ1v) is 3.39. The van der Waals surface area contributed by atoms with Crippen molar-refractivity contribution in [2.24, 2.45) is 0 Å². The Morgan fingerprint density at radius 1 is 1.67 bits per heavy atom. The summed E-state index contributed by atoms with van der Waals surface area (Å²) < 4.78 is 2.25. The molecule has 0 atom stereocenters. The highest BCUT2D eigenvalue weighted by Gasteiger charge is 2.10. The highest BCUT2D eigenvalue weighted by Crippen LogP contribution is 2.12. The molecule has 0 saturated heterocycles. The van der Waals surface area contributed by atoms with Crippen LogP contribution in [0.4, 0.5) is 0 Å². The van der Waals surface area contributed by atoms with E-state index in [4.69, 9.17) is 0 Å². The van der Waals surface area contributed by atoms with E-state index in [-0.39, 0.29) is 0 Å². The second kappa shape index (κ2) is 1.59. The standard InChI is InChI=1S/C7H10N2/c1-6-5-9-4-2-3-7(9)8-6/h5H,2-4H2,1H3. The minimum Gasteiger partial charge on any atom is -0.335 e. The molecule has 0 aliphatic carbocycles. The Morgan fingerprint density at radius 3 is 3.33 bits per heavy atom. The van der Waals surface area contributed by atoms with Gasteiger partial charge in [0.2, 0.25) is 0 Å². The van der Waals surface area contributed by atoms with Gasteiger partial charge in [-0.25, -0.2) is 4.98 Å². The molecule has 0 bridgehead atoms. The van der Waals surface area contributed by atoms with Gasteiger partial charge >= 0.3 is 0 Å². The number of aromatic nitrogens is 2. The average molecular weight is 122 g/mol. The zero-order valence-electron chi connectivity index (χ0n) is 5.59. The number of hydrogen-bond donors (Lipinski definition) is 0. The Morgan fingerprint density at radius 2 is 2.56 bits per heavy atom. The minimum atomic E-state index is 1.16. The average Bonchev–Trinajstić information content (AvgIpc) is 2.22. The Labute approximate surface area is 54.5 Å². The van der Waals surface area contributed by atoms with Crippen LogP contribution in [0.3, 0.4) is 0 Å². The van der Waals surface area contributed by atoms with Gasteiger partial charge in [-0.1, -0.05) is 0 Å². The van der Waals surface area contributed by atoms with Crippen molar-refractivity contribution in [3.63, 3.8) is 0 Å². The second-order valence-electron chi connectivity index (χ2n) is 2.60. The van der Waals surface area contributed by atoms with Gasteiger partial charge < -0.3 is 4.57 Å². The number of hydrogen-bond acceptors (Lipinski definition) is 1. The fraction of sp³-hybridized carbons (Fsp3) is 0.571. The summed E-state index contributed by atoms with van der Waals surface area (Å²) in [5.41, 5.74) is 1.16. The molecule has 2 rings (SSSR count). The van der Waals surface area contributed by atoms with Gasteiger partial charge in [-0.15, -0.1) is 0 Å². The van der Waals surface area contributed by atoms with Crippen LogP contribution in [-0.2, 0) is 13.0 Å². The SMILES string of the molecule is Cc1cn2c(n1)CCC2.